The summed E-state index contributed by atoms with van der Waals surface area (Å²) in [7, 11) is 0. The molecule has 154 valence electrons. The van der Waals surface area contributed by atoms with Crippen molar-refractivity contribution in [3.63, 3.8) is 0 Å². The van der Waals surface area contributed by atoms with E-state index < -0.39 is 0 Å². The number of halogens is 1. The number of benzene rings is 2. The number of nitrogens with one attached hydrogen (secondary N) is 1. The SMILES string of the molecule is CC(C(=O)NCCCCN1C(=O)c2ccccc2C1=O)C(N)c1ccccc1.Cl. The van der Waals surface area contributed by atoms with Gasteiger partial charge in [-0.2, -0.15) is 0 Å². The molecule has 2 aromatic carbocycles. The highest BCUT2D eigenvalue weighted by atomic mass is 35.5. The smallest absolute Gasteiger partial charge is 0.261 e. The molecule has 0 saturated carbocycles. The number of fused-ring (bicyclic) bond motifs is 1. The Kier molecular flexibility index (Phi) is 7.93. The summed E-state index contributed by atoms with van der Waals surface area (Å²) in [4.78, 5) is 38.2. The van der Waals surface area contributed by atoms with Crippen LogP contribution in [0.4, 0.5) is 0 Å². The van der Waals surface area contributed by atoms with E-state index in [4.69, 9.17) is 5.73 Å². The molecular formula is C22H26ClN3O3. The lowest BCUT2D eigenvalue weighted by atomic mass is 9.94. The summed E-state index contributed by atoms with van der Waals surface area (Å²) in [5.74, 6) is -0.935. The van der Waals surface area contributed by atoms with E-state index in [1.807, 2.05) is 37.3 Å². The molecule has 2 aromatic rings. The molecule has 29 heavy (non-hydrogen) atoms. The number of hydrogen-bond donors (Lipinski definition) is 2. The number of nitrogens with zero attached hydrogens (tertiary/aromatic N) is 1. The van der Waals surface area contributed by atoms with Gasteiger partial charge in [0.1, 0.15) is 0 Å². The Morgan fingerprint density at radius 2 is 1.52 bits per heavy atom. The summed E-state index contributed by atoms with van der Waals surface area (Å²) >= 11 is 0. The van der Waals surface area contributed by atoms with Crippen LogP contribution >= 0.6 is 12.4 Å². The molecule has 2 atom stereocenters. The highest BCUT2D eigenvalue weighted by Gasteiger charge is 2.34. The summed E-state index contributed by atoms with van der Waals surface area (Å²) < 4.78 is 0. The van der Waals surface area contributed by atoms with Crippen LogP contribution < -0.4 is 11.1 Å². The van der Waals surface area contributed by atoms with Gasteiger partial charge in [0.2, 0.25) is 5.91 Å². The molecule has 0 aromatic heterocycles. The quantitative estimate of drug-likeness (QED) is 0.512. The first-order valence-electron chi connectivity index (χ1n) is 9.54. The minimum absolute atomic E-state index is 0. The van der Waals surface area contributed by atoms with Crippen molar-refractivity contribution in [2.75, 3.05) is 13.1 Å². The van der Waals surface area contributed by atoms with Gasteiger partial charge < -0.3 is 11.1 Å². The van der Waals surface area contributed by atoms with Crippen molar-refractivity contribution in [3.8, 4) is 0 Å². The molecule has 0 fully saturated rings. The van der Waals surface area contributed by atoms with Crippen LogP contribution in [-0.4, -0.2) is 35.7 Å². The Labute approximate surface area is 176 Å². The van der Waals surface area contributed by atoms with Crippen LogP contribution in [0.15, 0.2) is 54.6 Å². The molecule has 0 aliphatic carbocycles. The Bertz CT molecular complexity index is 838. The van der Waals surface area contributed by atoms with Gasteiger partial charge in [-0.05, 0) is 30.5 Å². The average Bonchev–Trinajstić information content (AvgIpc) is 2.98. The summed E-state index contributed by atoms with van der Waals surface area (Å²) in [6.45, 7) is 2.64. The van der Waals surface area contributed by atoms with Gasteiger partial charge in [-0.1, -0.05) is 49.4 Å². The van der Waals surface area contributed by atoms with Crippen LogP contribution in [0, 0.1) is 5.92 Å². The van der Waals surface area contributed by atoms with E-state index >= 15 is 0 Å². The van der Waals surface area contributed by atoms with Gasteiger partial charge in [0, 0.05) is 19.1 Å². The lowest BCUT2D eigenvalue weighted by Gasteiger charge is -2.20. The zero-order chi connectivity index (χ0) is 20.1. The molecule has 0 spiro atoms. The summed E-state index contributed by atoms with van der Waals surface area (Å²) in [5.41, 5.74) is 8.03. The van der Waals surface area contributed by atoms with Crippen LogP contribution in [0.1, 0.15) is 52.1 Å². The van der Waals surface area contributed by atoms with E-state index in [2.05, 4.69) is 5.32 Å². The van der Waals surface area contributed by atoms with Crippen molar-refractivity contribution in [1.82, 2.24) is 10.2 Å². The number of nitrogens with two attached hydrogens (primary N) is 1. The van der Waals surface area contributed by atoms with Crippen molar-refractivity contribution >= 4 is 30.1 Å². The van der Waals surface area contributed by atoms with Crippen LogP contribution in [-0.2, 0) is 4.79 Å². The fourth-order valence-electron chi connectivity index (χ4n) is 3.34. The van der Waals surface area contributed by atoms with Gasteiger partial charge in [-0.15, -0.1) is 12.4 Å². The zero-order valence-corrected chi connectivity index (χ0v) is 17.2. The second-order valence-electron chi connectivity index (χ2n) is 7.03. The molecule has 7 heteroatoms. The summed E-state index contributed by atoms with van der Waals surface area (Å²) in [6.07, 6.45) is 1.30. The first kappa shape index (κ1) is 22.6. The number of hydrogen-bond acceptors (Lipinski definition) is 4. The van der Waals surface area contributed by atoms with Gasteiger partial charge in [-0.3, -0.25) is 19.3 Å². The predicted octanol–water partition coefficient (Wildman–Crippen LogP) is 2.94. The first-order chi connectivity index (χ1) is 13.5. The lowest BCUT2D eigenvalue weighted by Crippen LogP contribution is -2.36. The van der Waals surface area contributed by atoms with Gasteiger partial charge >= 0.3 is 0 Å². The molecule has 0 bridgehead atoms. The van der Waals surface area contributed by atoms with Crippen molar-refractivity contribution in [2.45, 2.75) is 25.8 Å². The van der Waals surface area contributed by atoms with Crippen LogP contribution in [0.5, 0.6) is 0 Å². The lowest BCUT2D eigenvalue weighted by molar-refractivity contribution is -0.125. The Balaban J connectivity index is 0.00000300. The van der Waals surface area contributed by atoms with Crippen molar-refractivity contribution < 1.29 is 14.4 Å². The zero-order valence-electron chi connectivity index (χ0n) is 16.3. The number of rotatable bonds is 8. The predicted molar refractivity (Wildman–Crippen MR) is 114 cm³/mol. The fraction of sp³-hybridized carbons (Fsp3) is 0.318. The number of unbranched alkanes of at least 4 members (excludes halogenated alkanes) is 1. The maximum absolute atomic E-state index is 12.3. The van der Waals surface area contributed by atoms with E-state index in [1.54, 1.807) is 24.3 Å². The summed E-state index contributed by atoms with van der Waals surface area (Å²) in [5, 5.41) is 2.89. The number of amides is 3. The minimum Gasteiger partial charge on any atom is -0.356 e. The third-order valence-corrected chi connectivity index (χ3v) is 5.12. The molecule has 2 unspecified atom stereocenters. The first-order valence-corrected chi connectivity index (χ1v) is 9.54. The molecule has 0 saturated heterocycles. The summed E-state index contributed by atoms with van der Waals surface area (Å²) in [6, 6.07) is 16.0. The van der Waals surface area contributed by atoms with Crippen molar-refractivity contribution in [2.24, 2.45) is 11.7 Å². The van der Waals surface area contributed by atoms with Crippen molar-refractivity contribution in [1.29, 1.82) is 0 Å². The second kappa shape index (κ2) is 10.2. The van der Waals surface area contributed by atoms with Gasteiger partial charge in [0.15, 0.2) is 0 Å². The molecule has 1 heterocycles. The third-order valence-electron chi connectivity index (χ3n) is 5.12. The van der Waals surface area contributed by atoms with E-state index in [1.165, 1.54) is 4.90 Å². The maximum Gasteiger partial charge on any atom is 0.261 e. The molecule has 6 nitrogen and oxygen atoms in total. The fourth-order valence-corrected chi connectivity index (χ4v) is 3.34. The largest absolute Gasteiger partial charge is 0.356 e. The molecular weight excluding hydrogens is 390 g/mol. The Morgan fingerprint density at radius 3 is 2.10 bits per heavy atom. The topological polar surface area (TPSA) is 92.5 Å². The highest BCUT2D eigenvalue weighted by Crippen LogP contribution is 2.22. The van der Waals surface area contributed by atoms with E-state index in [-0.39, 0.29) is 42.1 Å². The molecule has 3 N–H and O–H groups in total. The monoisotopic (exact) mass is 415 g/mol. The third kappa shape index (κ3) is 5.02. The van der Waals surface area contributed by atoms with E-state index in [0.29, 0.717) is 37.1 Å². The number of carbonyl (C=O) groups is 3. The molecule has 3 rings (SSSR count). The molecule has 0 radical (unpaired) electrons. The van der Waals surface area contributed by atoms with Crippen LogP contribution in [0.2, 0.25) is 0 Å². The maximum atomic E-state index is 12.3. The average molecular weight is 416 g/mol. The van der Waals surface area contributed by atoms with Gasteiger partial charge in [0.25, 0.3) is 11.8 Å². The van der Waals surface area contributed by atoms with Crippen LogP contribution in [0.25, 0.3) is 0 Å². The van der Waals surface area contributed by atoms with E-state index in [9.17, 15) is 14.4 Å². The molecule has 1 aliphatic rings. The number of imide groups is 1. The Hall–Kier alpha value is -2.70. The second-order valence-corrected chi connectivity index (χ2v) is 7.03. The van der Waals surface area contributed by atoms with Gasteiger partial charge in [0.05, 0.1) is 17.0 Å². The molecule has 3 amide bonds. The molecule has 1 aliphatic heterocycles. The van der Waals surface area contributed by atoms with Crippen molar-refractivity contribution in [3.05, 3.63) is 71.3 Å². The Morgan fingerprint density at radius 1 is 0.966 bits per heavy atom. The number of carbonyl (C=O) groups excluding carboxylic acids is 3. The standard InChI is InChI=1S/C22H25N3O3.ClH/c1-15(19(23)16-9-3-2-4-10-16)20(26)24-13-7-8-14-25-21(27)17-11-5-6-12-18(17)22(25)28;/h2-6,9-12,15,19H,7-8,13-14,23H2,1H3,(H,24,26);1H. The minimum atomic E-state index is -0.362. The van der Waals surface area contributed by atoms with E-state index in [0.717, 1.165) is 5.56 Å². The highest BCUT2D eigenvalue weighted by molar-refractivity contribution is 6.21. The normalized spacial score (nSPS) is 14.8. The van der Waals surface area contributed by atoms with Crippen LogP contribution in [0.3, 0.4) is 0 Å². The van der Waals surface area contributed by atoms with Gasteiger partial charge in [-0.25, -0.2) is 0 Å².